The summed E-state index contributed by atoms with van der Waals surface area (Å²) < 4.78 is 5.54. The molecule has 2 aromatic heterocycles. The van der Waals surface area contributed by atoms with Crippen LogP contribution in [-0.2, 0) is 6.42 Å². The third-order valence-corrected chi connectivity index (χ3v) is 6.45. The van der Waals surface area contributed by atoms with Crippen molar-refractivity contribution in [2.75, 3.05) is 13.1 Å². The van der Waals surface area contributed by atoms with Crippen LogP contribution in [0.2, 0.25) is 0 Å². The van der Waals surface area contributed by atoms with E-state index in [4.69, 9.17) is 9.51 Å². The second-order valence-corrected chi connectivity index (χ2v) is 8.75. The highest BCUT2D eigenvalue weighted by atomic mass is 16.5. The van der Waals surface area contributed by atoms with Crippen LogP contribution in [0.25, 0.3) is 11.3 Å². The van der Waals surface area contributed by atoms with E-state index >= 15 is 0 Å². The molecule has 160 valence electrons. The number of amides is 1. The van der Waals surface area contributed by atoms with Gasteiger partial charge in [-0.05, 0) is 56.7 Å². The first-order valence-electron chi connectivity index (χ1n) is 11.3. The van der Waals surface area contributed by atoms with Crippen molar-refractivity contribution in [2.24, 2.45) is 0 Å². The van der Waals surface area contributed by atoms with Crippen LogP contribution in [0, 0.1) is 6.92 Å². The number of hydrogen-bond acceptors (Lipinski definition) is 5. The van der Waals surface area contributed by atoms with Gasteiger partial charge in [-0.25, -0.2) is 9.97 Å². The van der Waals surface area contributed by atoms with Gasteiger partial charge in [0.25, 0.3) is 5.91 Å². The molecule has 2 fully saturated rings. The molecule has 6 nitrogen and oxygen atoms in total. The minimum atomic E-state index is 0.119. The van der Waals surface area contributed by atoms with Gasteiger partial charge in [0, 0.05) is 42.8 Å². The number of aromatic nitrogens is 3. The molecule has 1 saturated carbocycles. The molecule has 5 rings (SSSR count). The first kappa shape index (κ1) is 19.9. The van der Waals surface area contributed by atoms with Crippen LogP contribution in [0.3, 0.4) is 0 Å². The summed E-state index contributed by atoms with van der Waals surface area (Å²) in [5, 5.41) is 4.05. The van der Waals surface area contributed by atoms with E-state index in [1.165, 1.54) is 18.4 Å². The lowest BCUT2D eigenvalue weighted by atomic mass is 9.89. The van der Waals surface area contributed by atoms with E-state index in [1.54, 1.807) is 0 Å². The van der Waals surface area contributed by atoms with Gasteiger partial charge in [0.2, 0.25) is 0 Å². The fraction of sp³-hybridized carbons (Fsp3) is 0.440. The summed E-state index contributed by atoms with van der Waals surface area (Å²) in [5.74, 6) is 2.58. The van der Waals surface area contributed by atoms with Crippen molar-refractivity contribution in [3.05, 3.63) is 64.9 Å². The van der Waals surface area contributed by atoms with Gasteiger partial charge in [-0.2, -0.15) is 0 Å². The zero-order valence-corrected chi connectivity index (χ0v) is 18.2. The summed E-state index contributed by atoms with van der Waals surface area (Å²) in [7, 11) is 0. The number of likely N-dealkylation sites (tertiary alicyclic amines) is 1. The third kappa shape index (κ3) is 4.11. The minimum absolute atomic E-state index is 0.119. The van der Waals surface area contributed by atoms with Gasteiger partial charge in [-0.3, -0.25) is 4.79 Å². The van der Waals surface area contributed by atoms with E-state index in [9.17, 15) is 4.79 Å². The molecule has 1 saturated heterocycles. The van der Waals surface area contributed by atoms with Crippen molar-refractivity contribution in [2.45, 2.75) is 57.8 Å². The van der Waals surface area contributed by atoms with Gasteiger partial charge >= 0.3 is 0 Å². The molecule has 2 aliphatic rings. The van der Waals surface area contributed by atoms with Crippen molar-refractivity contribution in [1.29, 1.82) is 0 Å². The number of nitrogens with zero attached hydrogens (tertiary/aromatic N) is 4. The molecule has 0 N–H and O–H groups in total. The molecule has 31 heavy (non-hydrogen) atoms. The van der Waals surface area contributed by atoms with Crippen LogP contribution < -0.4 is 0 Å². The van der Waals surface area contributed by atoms with Crippen LogP contribution in [0.4, 0.5) is 0 Å². The van der Waals surface area contributed by atoms with E-state index < -0.39 is 0 Å². The highest BCUT2D eigenvalue weighted by Crippen LogP contribution is 2.41. The molecule has 1 amide bonds. The molecular weight excluding hydrogens is 388 g/mol. The van der Waals surface area contributed by atoms with Gasteiger partial charge in [0.1, 0.15) is 5.82 Å². The standard InChI is InChI=1S/C25H28N4O2/c1-3-17-4-6-20(7-5-17)25(30)29-12-10-18(11-13-29)23-21(22-14-16(2)28-31-22)15-26-24(27-23)19-8-9-19/h4-7,14-15,18-19H,3,8-13H2,1-2H3. The Bertz CT molecular complexity index is 1080. The predicted octanol–water partition coefficient (Wildman–Crippen LogP) is 4.90. The molecule has 1 aliphatic heterocycles. The number of rotatable bonds is 5. The van der Waals surface area contributed by atoms with Gasteiger partial charge in [0.15, 0.2) is 5.76 Å². The summed E-state index contributed by atoms with van der Waals surface area (Å²) in [6, 6.07) is 9.93. The maximum absolute atomic E-state index is 13.0. The maximum Gasteiger partial charge on any atom is 0.253 e. The fourth-order valence-electron chi connectivity index (χ4n) is 4.36. The summed E-state index contributed by atoms with van der Waals surface area (Å²) >= 11 is 0. The lowest BCUT2D eigenvalue weighted by Crippen LogP contribution is -2.38. The van der Waals surface area contributed by atoms with E-state index in [-0.39, 0.29) is 11.8 Å². The van der Waals surface area contributed by atoms with Crippen molar-refractivity contribution in [3.63, 3.8) is 0 Å². The summed E-state index contributed by atoms with van der Waals surface area (Å²) in [4.78, 5) is 24.5. The number of carbonyl (C=O) groups excluding carboxylic acids is 1. The van der Waals surface area contributed by atoms with E-state index in [0.717, 1.165) is 66.5 Å². The average Bonchev–Trinajstić information content (AvgIpc) is 3.59. The van der Waals surface area contributed by atoms with Crippen molar-refractivity contribution in [1.82, 2.24) is 20.0 Å². The topological polar surface area (TPSA) is 72.1 Å². The summed E-state index contributed by atoms with van der Waals surface area (Å²) in [5.41, 5.74) is 4.85. The Morgan fingerprint density at radius 1 is 1.10 bits per heavy atom. The summed E-state index contributed by atoms with van der Waals surface area (Å²) in [6.07, 6.45) is 7.01. The molecular formula is C25H28N4O2. The van der Waals surface area contributed by atoms with Gasteiger partial charge in [-0.1, -0.05) is 24.2 Å². The largest absolute Gasteiger partial charge is 0.356 e. The second kappa shape index (κ2) is 8.25. The second-order valence-electron chi connectivity index (χ2n) is 8.75. The quantitative estimate of drug-likeness (QED) is 0.591. The van der Waals surface area contributed by atoms with Crippen LogP contribution in [0.5, 0.6) is 0 Å². The van der Waals surface area contributed by atoms with Gasteiger partial charge < -0.3 is 9.42 Å². The number of hydrogen-bond donors (Lipinski definition) is 0. The average molecular weight is 417 g/mol. The van der Waals surface area contributed by atoms with Crippen molar-refractivity contribution < 1.29 is 9.32 Å². The molecule has 6 heteroatoms. The monoisotopic (exact) mass is 416 g/mol. The lowest BCUT2D eigenvalue weighted by Gasteiger charge is -2.32. The number of carbonyl (C=O) groups is 1. The van der Waals surface area contributed by atoms with Crippen LogP contribution >= 0.6 is 0 Å². The van der Waals surface area contributed by atoms with Crippen LogP contribution in [-0.4, -0.2) is 39.0 Å². The number of aryl methyl sites for hydroxylation is 2. The zero-order chi connectivity index (χ0) is 21.4. The Balaban J connectivity index is 1.34. The van der Waals surface area contributed by atoms with E-state index in [0.29, 0.717) is 5.92 Å². The van der Waals surface area contributed by atoms with Gasteiger partial charge in [0.05, 0.1) is 17.0 Å². The Hall–Kier alpha value is -3.02. The van der Waals surface area contributed by atoms with Crippen LogP contribution in [0.1, 0.15) is 77.6 Å². The molecule has 1 aliphatic carbocycles. The lowest BCUT2D eigenvalue weighted by molar-refractivity contribution is 0.0712. The predicted molar refractivity (Wildman–Crippen MR) is 118 cm³/mol. The maximum atomic E-state index is 13.0. The molecule has 0 unspecified atom stereocenters. The first-order valence-corrected chi connectivity index (χ1v) is 11.3. The zero-order valence-electron chi connectivity index (χ0n) is 18.2. The molecule has 0 radical (unpaired) electrons. The molecule has 1 aromatic carbocycles. The first-order chi connectivity index (χ1) is 15.1. The van der Waals surface area contributed by atoms with E-state index in [2.05, 4.69) is 17.1 Å². The highest BCUT2D eigenvalue weighted by Gasteiger charge is 2.31. The fourth-order valence-corrected chi connectivity index (χ4v) is 4.36. The Labute approximate surface area is 182 Å². The van der Waals surface area contributed by atoms with E-state index in [1.807, 2.05) is 48.4 Å². The Kier molecular flexibility index (Phi) is 5.30. The highest BCUT2D eigenvalue weighted by molar-refractivity contribution is 5.94. The Morgan fingerprint density at radius 2 is 1.84 bits per heavy atom. The molecule has 0 bridgehead atoms. The third-order valence-electron chi connectivity index (χ3n) is 6.45. The molecule has 0 spiro atoms. The van der Waals surface area contributed by atoms with Crippen molar-refractivity contribution in [3.8, 4) is 11.3 Å². The van der Waals surface area contributed by atoms with Crippen molar-refractivity contribution >= 4 is 5.91 Å². The smallest absolute Gasteiger partial charge is 0.253 e. The molecule has 3 heterocycles. The molecule has 3 aromatic rings. The SMILES string of the molecule is CCc1ccc(C(=O)N2CCC(c3nc(C4CC4)ncc3-c3cc(C)no3)CC2)cc1. The Morgan fingerprint density at radius 3 is 2.45 bits per heavy atom. The van der Waals surface area contributed by atoms with Crippen LogP contribution in [0.15, 0.2) is 41.1 Å². The number of benzene rings is 1. The number of piperidine rings is 1. The van der Waals surface area contributed by atoms with Gasteiger partial charge in [-0.15, -0.1) is 0 Å². The molecule has 0 atom stereocenters. The summed E-state index contributed by atoms with van der Waals surface area (Å²) in [6.45, 7) is 5.51. The normalized spacial score (nSPS) is 17.2. The minimum Gasteiger partial charge on any atom is -0.356 e.